The molecule has 2 rings (SSSR count). The normalized spacial score (nSPS) is 17.3. The van der Waals surface area contributed by atoms with Gasteiger partial charge in [-0.3, -0.25) is 4.79 Å². The molecule has 0 radical (unpaired) electrons. The molecule has 1 aromatic heterocycles. The maximum absolute atomic E-state index is 11.1. The molecular formula is C17H29N3O3. The van der Waals surface area contributed by atoms with Gasteiger partial charge < -0.3 is 14.9 Å². The van der Waals surface area contributed by atoms with Gasteiger partial charge in [0.25, 0.3) is 0 Å². The third-order valence-corrected chi connectivity index (χ3v) is 4.74. The van der Waals surface area contributed by atoms with Crippen molar-refractivity contribution in [2.75, 3.05) is 13.6 Å². The number of carboxylic acids is 1. The van der Waals surface area contributed by atoms with Crippen LogP contribution in [0.3, 0.4) is 0 Å². The maximum atomic E-state index is 11.1. The zero-order chi connectivity index (χ0) is 16.5. The van der Waals surface area contributed by atoms with Gasteiger partial charge in [-0.15, -0.1) is 0 Å². The van der Waals surface area contributed by atoms with Gasteiger partial charge in [-0.1, -0.05) is 50.1 Å². The van der Waals surface area contributed by atoms with Crippen LogP contribution in [0.5, 0.6) is 0 Å². The molecule has 1 unspecified atom stereocenters. The van der Waals surface area contributed by atoms with Crippen molar-refractivity contribution in [1.82, 2.24) is 15.5 Å². The molecule has 2 N–H and O–H groups in total. The van der Waals surface area contributed by atoms with Crippen molar-refractivity contribution in [3.63, 3.8) is 0 Å². The fourth-order valence-corrected chi connectivity index (χ4v) is 3.42. The molecule has 6 heteroatoms. The van der Waals surface area contributed by atoms with Crippen LogP contribution in [-0.4, -0.2) is 34.8 Å². The Balaban J connectivity index is 1.85. The summed E-state index contributed by atoms with van der Waals surface area (Å²) in [6.07, 6.45) is 10.5. The van der Waals surface area contributed by atoms with Gasteiger partial charge in [-0.25, -0.2) is 0 Å². The zero-order valence-electron chi connectivity index (χ0n) is 14.1. The van der Waals surface area contributed by atoms with Gasteiger partial charge >= 0.3 is 5.97 Å². The van der Waals surface area contributed by atoms with E-state index >= 15 is 0 Å². The summed E-state index contributed by atoms with van der Waals surface area (Å²) in [6.45, 7) is 0.782. The van der Waals surface area contributed by atoms with E-state index in [1.54, 1.807) is 0 Å². The van der Waals surface area contributed by atoms with E-state index in [4.69, 9.17) is 9.63 Å². The summed E-state index contributed by atoms with van der Waals surface area (Å²) >= 11 is 0. The second-order valence-corrected chi connectivity index (χ2v) is 6.63. The highest BCUT2D eigenvalue weighted by Gasteiger charge is 2.23. The molecule has 130 valence electrons. The molecule has 1 aliphatic rings. The van der Waals surface area contributed by atoms with Gasteiger partial charge in [0, 0.05) is 18.9 Å². The number of aromatic nitrogens is 2. The van der Waals surface area contributed by atoms with Crippen LogP contribution < -0.4 is 5.32 Å². The molecule has 0 spiro atoms. The average molecular weight is 323 g/mol. The highest BCUT2D eigenvalue weighted by atomic mass is 16.5. The summed E-state index contributed by atoms with van der Waals surface area (Å²) in [6, 6.07) is 0. The maximum Gasteiger partial charge on any atom is 0.304 e. The lowest BCUT2D eigenvalue weighted by molar-refractivity contribution is -0.137. The summed E-state index contributed by atoms with van der Waals surface area (Å²) in [5.41, 5.74) is 0. The molecule has 0 aromatic carbocycles. The van der Waals surface area contributed by atoms with E-state index in [9.17, 15) is 4.79 Å². The van der Waals surface area contributed by atoms with Gasteiger partial charge in [0.15, 0.2) is 5.82 Å². The predicted molar refractivity (Wildman–Crippen MR) is 87.3 cm³/mol. The number of hydrogen-bond acceptors (Lipinski definition) is 5. The largest absolute Gasteiger partial charge is 0.481 e. The van der Waals surface area contributed by atoms with Crippen molar-refractivity contribution in [2.24, 2.45) is 5.92 Å². The molecule has 1 heterocycles. The Morgan fingerprint density at radius 2 is 2.17 bits per heavy atom. The summed E-state index contributed by atoms with van der Waals surface area (Å²) in [7, 11) is 1.87. The van der Waals surface area contributed by atoms with Crippen LogP contribution in [-0.2, 0) is 11.2 Å². The lowest BCUT2D eigenvalue weighted by atomic mass is 9.84. The Morgan fingerprint density at radius 1 is 1.39 bits per heavy atom. The van der Waals surface area contributed by atoms with Gasteiger partial charge in [0.05, 0.1) is 6.42 Å². The third-order valence-electron chi connectivity index (χ3n) is 4.74. The van der Waals surface area contributed by atoms with E-state index in [-0.39, 0.29) is 12.3 Å². The standard InChI is InChI=1S/C17H29N3O3/c1-18-11-10-15-19-17(23-20-15)14(12-16(21)22)9-5-8-13-6-3-2-4-7-13/h13-14,18H,2-12H2,1H3,(H,21,22). The van der Waals surface area contributed by atoms with Crippen LogP contribution in [0.1, 0.15) is 75.4 Å². The lowest BCUT2D eigenvalue weighted by Gasteiger charge is -2.21. The smallest absolute Gasteiger partial charge is 0.304 e. The van der Waals surface area contributed by atoms with E-state index in [0.717, 1.165) is 25.3 Å². The molecule has 23 heavy (non-hydrogen) atoms. The Bertz CT molecular complexity index is 469. The Labute approximate surface area is 138 Å². The van der Waals surface area contributed by atoms with E-state index < -0.39 is 5.97 Å². The molecule has 1 aromatic rings. The van der Waals surface area contributed by atoms with Crippen LogP contribution in [0.25, 0.3) is 0 Å². The Kier molecular flexibility index (Phi) is 7.52. The van der Waals surface area contributed by atoms with E-state index in [1.807, 2.05) is 7.05 Å². The van der Waals surface area contributed by atoms with Gasteiger partial charge in [-0.2, -0.15) is 4.98 Å². The van der Waals surface area contributed by atoms with Crippen molar-refractivity contribution in [3.05, 3.63) is 11.7 Å². The topological polar surface area (TPSA) is 88.2 Å². The molecule has 0 saturated heterocycles. The fraction of sp³-hybridized carbons (Fsp3) is 0.824. The predicted octanol–water partition coefficient (Wildman–Crippen LogP) is 3.14. The highest BCUT2D eigenvalue weighted by molar-refractivity contribution is 5.67. The lowest BCUT2D eigenvalue weighted by Crippen LogP contribution is -2.12. The number of aliphatic carboxylic acids is 1. The monoisotopic (exact) mass is 323 g/mol. The molecular weight excluding hydrogens is 294 g/mol. The molecule has 1 atom stereocenters. The second-order valence-electron chi connectivity index (χ2n) is 6.63. The summed E-state index contributed by atoms with van der Waals surface area (Å²) < 4.78 is 5.32. The quantitative estimate of drug-likeness (QED) is 0.687. The van der Waals surface area contributed by atoms with Gasteiger partial charge in [0.2, 0.25) is 5.89 Å². The van der Waals surface area contributed by atoms with Crippen LogP contribution >= 0.6 is 0 Å². The first-order chi connectivity index (χ1) is 11.2. The number of nitrogens with one attached hydrogen (secondary N) is 1. The molecule has 1 aliphatic carbocycles. The minimum Gasteiger partial charge on any atom is -0.481 e. The van der Waals surface area contributed by atoms with E-state index in [2.05, 4.69) is 15.5 Å². The van der Waals surface area contributed by atoms with Crippen molar-refractivity contribution >= 4 is 5.97 Å². The number of rotatable bonds is 10. The molecule has 0 amide bonds. The SMILES string of the molecule is CNCCc1noc(C(CCCC2CCCCC2)CC(=O)O)n1. The van der Waals surface area contributed by atoms with Crippen LogP contribution in [0.15, 0.2) is 4.52 Å². The molecule has 1 fully saturated rings. The number of hydrogen-bond donors (Lipinski definition) is 2. The molecule has 0 aliphatic heterocycles. The summed E-state index contributed by atoms with van der Waals surface area (Å²) in [4.78, 5) is 15.5. The van der Waals surface area contributed by atoms with Crippen LogP contribution in [0.2, 0.25) is 0 Å². The highest BCUT2D eigenvalue weighted by Crippen LogP contribution is 2.31. The number of nitrogens with zero attached hydrogens (tertiary/aromatic N) is 2. The molecule has 6 nitrogen and oxygen atoms in total. The second kappa shape index (κ2) is 9.65. The van der Waals surface area contributed by atoms with Crippen molar-refractivity contribution in [3.8, 4) is 0 Å². The minimum atomic E-state index is -0.803. The number of carbonyl (C=O) groups is 1. The zero-order valence-corrected chi connectivity index (χ0v) is 14.1. The minimum absolute atomic E-state index is 0.0678. The van der Waals surface area contributed by atoms with E-state index in [0.29, 0.717) is 18.1 Å². The first-order valence-electron chi connectivity index (χ1n) is 8.88. The first kappa shape index (κ1) is 17.9. The van der Waals surface area contributed by atoms with Crippen molar-refractivity contribution in [2.45, 2.75) is 70.1 Å². The van der Waals surface area contributed by atoms with Crippen molar-refractivity contribution < 1.29 is 14.4 Å². The molecule has 1 saturated carbocycles. The van der Waals surface area contributed by atoms with Crippen molar-refractivity contribution in [1.29, 1.82) is 0 Å². The third kappa shape index (κ3) is 6.29. The van der Waals surface area contributed by atoms with E-state index in [1.165, 1.54) is 38.5 Å². The van der Waals surface area contributed by atoms with Crippen LogP contribution in [0, 0.1) is 5.92 Å². The Morgan fingerprint density at radius 3 is 2.87 bits per heavy atom. The number of likely N-dealkylation sites (N-methyl/N-ethyl adjacent to an activating group) is 1. The van der Waals surface area contributed by atoms with Gasteiger partial charge in [0.1, 0.15) is 0 Å². The molecule has 0 bridgehead atoms. The Hall–Kier alpha value is -1.43. The summed E-state index contributed by atoms with van der Waals surface area (Å²) in [5, 5.41) is 16.1. The first-order valence-corrected chi connectivity index (χ1v) is 8.88. The van der Waals surface area contributed by atoms with Gasteiger partial charge in [-0.05, 0) is 19.4 Å². The fourth-order valence-electron chi connectivity index (χ4n) is 3.42. The summed E-state index contributed by atoms with van der Waals surface area (Å²) in [5.74, 6) is 0.997. The van der Waals surface area contributed by atoms with Crippen LogP contribution in [0.4, 0.5) is 0 Å². The average Bonchev–Trinajstić information content (AvgIpc) is 3.01. The number of carboxylic acid groups (broad SMARTS) is 1.